The van der Waals surface area contributed by atoms with Crippen LogP contribution in [0.3, 0.4) is 0 Å². The van der Waals surface area contributed by atoms with Gasteiger partial charge in [-0.1, -0.05) is 26.0 Å². The summed E-state index contributed by atoms with van der Waals surface area (Å²) in [6, 6.07) is 11.8. The van der Waals surface area contributed by atoms with E-state index < -0.39 is 0 Å². The van der Waals surface area contributed by atoms with Gasteiger partial charge in [0.25, 0.3) is 0 Å². The Morgan fingerprint density at radius 1 is 1.11 bits per heavy atom. The van der Waals surface area contributed by atoms with Crippen LogP contribution in [0, 0.1) is 0 Å². The van der Waals surface area contributed by atoms with Gasteiger partial charge in [-0.2, -0.15) is 0 Å². The van der Waals surface area contributed by atoms with Crippen LogP contribution >= 0.6 is 0 Å². The van der Waals surface area contributed by atoms with Crippen molar-refractivity contribution >= 4 is 11.1 Å². The summed E-state index contributed by atoms with van der Waals surface area (Å²) in [6.45, 7) is 4.34. The smallest absolute Gasteiger partial charge is 0.246 e. The molecule has 0 atom stereocenters. The molecule has 90 valence electrons. The van der Waals surface area contributed by atoms with Gasteiger partial charge >= 0.3 is 0 Å². The van der Waals surface area contributed by atoms with E-state index in [1.165, 1.54) is 5.56 Å². The molecule has 3 aromatic rings. The van der Waals surface area contributed by atoms with Gasteiger partial charge in [-0.15, -0.1) is 0 Å². The summed E-state index contributed by atoms with van der Waals surface area (Å²) in [6.07, 6.45) is 1.74. The summed E-state index contributed by atoms with van der Waals surface area (Å²) >= 11 is 0. The van der Waals surface area contributed by atoms with Crippen LogP contribution < -0.4 is 0 Å². The average Bonchev–Trinajstić information content (AvgIpc) is 2.82. The van der Waals surface area contributed by atoms with Gasteiger partial charge in [0.2, 0.25) is 5.89 Å². The van der Waals surface area contributed by atoms with E-state index in [4.69, 9.17) is 4.42 Å². The number of fused-ring (bicyclic) bond motifs is 1. The van der Waals surface area contributed by atoms with Crippen molar-refractivity contribution in [1.29, 1.82) is 0 Å². The molecule has 0 unspecified atom stereocenters. The van der Waals surface area contributed by atoms with E-state index in [0.717, 1.165) is 16.8 Å². The van der Waals surface area contributed by atoms with Crippen molar-refractivity contribution in [3.8, 4) is 11.6 Å². The molecule has 0 aliphatic rings. The van der Waals surface area contributed by atoms with Gasteiger partial charge in [-0.05, 0) is 35.7 Å². The average molecular weight is 238 g/mol. The fourth-order valence-corrected chi connectivity index (χ4v) is 1.90. The number of rotatable bonds is 2. The molecule has 3 heteroatoms. The lowest BCUT2D eigenvalue weighted by Crippen LogP contribution is -1.85. The number of nitrogens with zero attached hydrogens (tertiary/aromatic N) is 2. The minimum absolute atomic E-state index is 0.490. The number of benzene rings is 1. The van der Waals surface area contributed by atoms with Crippen molar-refractivity contribution in [1.82, 2.24) is 9.97 Å². The van der Waals surface area contributed by atoms with Crippen LogP contribution in [-0.2, 0) is 0 Å². The van der Waals surface area contributed by atoms with Crippen molar-refractivity contribution in [3.05, 3.63) is 48.2 Å². The standard InChI is InChI=1S/C15H14N2O/c1-10(2)11-6-7-14-13(9-11)17-15(18-14)12-5-3-4-8-16-12/h3-10H,1-2H3. The Hall–Kier alpha value is -2.16. The maximum Gasteiger partial charge on any atom is 0.246 e. The van der Waals surface area contributed by atoms with E-state index in [1.807, 2.05) is 24.3 Å². The monoisotopic (exact) mass is 238 g/mol. The zero-order valence-corrected chi connectivity index (χ0v) is 10.4. The highest BCUT2D eigenvalue weighted by molar-refractivity contribution is 5.76. The van der Waals surface area contributed by atoms with E-state index in [0.29, 0.717) is 11.8 Å². The number of oxazole rings is 1. The number of aromatic nitrogens is 2. The Bertz CT molecular complexity index is 671. The van der Waals surface area contributed by atoms with Gasteiger partial charge < -0.3 is 4.42 Å². The first kappa shape index (κ1) is 11.0. The van der Waals surface area contributed by atoms with Crippen LogP contribution in [0.4, 0.5) is 0 Å². The number of pyridine rings is 1. The Balaban J connectivity index is 2.11. The molecule has 0 aliphatic heterocycles. The van der Waals surface area contributed by atoms with Gasteiger partial charge in [0, 0.05) is 6.20 Å². The molecule has 0 N–H and O–H groups in total. The molecule has 0 amide bonds. The molecule has 0 saturated heterocycles. The summed E-state index contributed by atoms with van der Waals surface area (Å²) in [5, 5.41) is 0. The zero-order chi connectivity index (χ0) is 12.5. The molecule has 0 bridgehead atoms. The van der Waals surface area contributed by atoms with Gasteiger partial charge in [0.05, 0.1) is 0 Å². The van der Waals surface area contributed by atoms with Gasteiger partial charge in [0.15, 0.2) is 5.58 Å². The zero-order valence-electron chi connectivity index (χ0n) is 10.4. The number of hydrogen-bond donors (Lipinski definition) is 0. The van der Waals surface area contributed by atoms with Crippen LogP contribution in [0.25, 0.3) is 22.7 Å². The summed E-state index contributed by atoms with van der Waals surface area (Å²) in [5.74, 6) is 1.07. The van der Waals surface area contributed by atoms with E-state index in [-0.39, 0.29) is 0 Å². The first-order valence-corrected chi connectivity index (χ1v) is 6.06. The second-order valence-electron chi connectivity index (χ2n) is 4.62. The molecule has 3 nitrogen and oxygen atoms in total. The molecule has 2 heterocycles. The highest BCUT2D eigenvalue weighted by Gasteiger charge is 2.10. The van der Waals surface area contributed by atoms with Gasteiger partial charge in [-0.25, -0.2) is 4.98 Å². The second kappa shape index (κ2) is 4.26. The fraction of sp³-hybridized carbons (Fsp3) is 0.200. The first-order chi connectivity index (χ1) is 8.74. The largest absolute Gasteiger partial charge is 0.435 e. The maximum absolute atomic E-state index is 5.72. The van der Waals surface area contributed by atoms with Crippen LogP contribution in [0.5, 0.6) is 0 Å². The Kier molecular flexibility index (Phi) is 2.59. The first-order valence-electron chi connectivity index (χ1n) is 6.06. The molecule has 0 aliphatic carbocycles. The van der Waals surface area contributed by atoms with Crippen LogP contribution in [-0.4, -0.2) is 9.97 Å². The van der Waals surface area contributed by atoms with E-state index in [9.17, 15) is 0 Å². The highest BCUT2D eigenvalue weighted by Crippen LogP contribution is 2.25. The van der Waals surface area contributed by atoms with E-state index in [1.54, 1.807) is 6.20 Å². The third-order valence-electron chi connectivity index (χ3n) is 2.96. The lowest BCUT2D eigenvalue weighted by atomic mass is 10.0. The topological polar surface area (TPSA) is 38.9 Å². The van der Waals surface area contributed by atoms with Crippen LogP contribution in [0.15, 0.2) is 47.0 Å². The van der Waals surface area contributed by atoms with Gasteiger partial charge in [0.1, 0.15) is 11.2 Å². The molecule has 18 heavy (non-hydrogen) atoms. The van der Waals surface area contributed by atoms with E-state index >= 15 is 0 Å². The van der Waals surface area contributed by atoms with Crippen LogP contribution in [0.2, 0.25) is 0 Å². The predicted octanol–water partition coefficient (Wildman–Crippen LogP) is 4.01. The molecule has 3 rings (SSSR count). The maximum atomic E-state index is 5.72. The minimum Gasteiger partial charge on any atom is -0.435 e. The van der Waals surface area contributed by atoms with Gasteiger partial charge in [-0.3, -0.25) is 4.98 Å². The summed E-state index contributed by atoms with van der Waals surface area (Å²) in [4.78, 5) is 8.74. The fourth-order valence-electron chi connectivity index (χ4n) is 1.90. The molecule has 0 saturated carbocycles. The quantitative estimate of drug-likeness (QED) is 0.677. The predicted molar refractivity (Wildman–Crippen MR) is 71.3 cm³/mol. The second-order valence-corrected chi connectivity index (χ2v) is 4.62. The lowest BCUT2D eigenvalue weighted by Gasteiger charge is -2.02. The Morgan fingerprint density at radius 3 is 2.72 bits per heavy atom. The summed E-state index contributed by atoms with van der Waals surface area (Å²) in [5.41, 5.74) is 3.73. The molecular formula is C15H14N2O. The van der Waals surface area contributed by atoms with Crippen molar-refractivity contribution < 1.29 is 4.42 Å². The van der Waals surface area contributed by atoms with Crippen LogP contribution in [0.1, 0.15) is 25.3 Å². The Labute approximate surface area is 105 Å². The lowest BCUT2D eigenvalue weighted by molar-refractivity contribution is 0.616. The number of hydrogen-bond acceptors (Lipinski definition) is 3. The molecule has 0 spiro atoms. The molecule has 0 radical (unpaired) electrons. The normalized spacial score (nSPS) is 11.3. The van der Waals surface area contributed by atoms with Crippen molar-refractivity contribution in [2.24, 2.45) is 0 Å². The summed E-state index contributed by atoms with van der Waals surface area (Å²) in [7, 11) is 0. The Morgan fingerprint density at radius 2 is 2.00 bits per heavy atom. The molecule has 0 fully saturated rings. The van der Waals surface area contributed by atoms with Crippen molar-refractivity contribution in [2.45, 2.75) is 19.8 Å². The summed E-state index contributed by atoms with van der Waals surface area (Å²) < 4.78 is 5.72. The molecule has 2 aromatic heterocycles. The van der Waals surface area contributed by atoms with Crippen molar-refractivity contribution in [2.75, 3.05) is 0 Å². The minimum atomic E-state index is 0.490. The third-order valence-corrected chi connectivity index (χ3v) is 2.96. The highest BCUT2D eigenvalue weighted by atomic mass is 16.3. The third kappa shape index (κ3) is 1.88. The molecule has 1 aromatic carbocycles. The van der Waals surface area contributed by atoms with E-state index in [2.05, 4.69) is 35.9 Å². The SMILES string of the molecule is CC(C)c1ccc2oc(-c3ccccn3)nc2c1. The van der Waals surface area contributed by atoms with Crippen molar-refractivity contribution in [3.63, 3.8) is 0 Å². The molecular weight excluding hydrogens is 224 g/mol.